The molecule has 6 nitrogen and oxygen atoms in total. The number of fused-ring (bicyclic) bond motifs is 1. The van der Waals surface area contributed by atoms with Crippen molar-refractivity contribution in [2.45, 2.75) is 38.8 Å². The Labute approximate surface area is 190 Å². The van der Waals surface area contributed by atoms with Crippen molar-refractivity contribution in [3.05, 3.63) is 45.6 Å². The monoisotopic (exact) mass is 456 g/mol. The van der Waals surface area contributed by atoms with Gasteiger partial charge in [-0.1, -0.05) is 11.6 Å². The number of aromatic nitrogens is 2. The molecule has 1 N–H and O–H groups in total. The molecule has 2 saturated heterocycles. The van der Waals surface area contributed by atoms with Crippen LogP contribution in [-0.2, 0) is 22.5 Å². The molecule has 3 aromatic rings. The molecule has 2 aromatic heterocycles. The normalized spacial score (nSPS) is 19.5. The van der Waals surface area contributed by atoms with Crippen LogP contribution < -0.4 is 5.32 Å². The van der Waals surface area contributed by atoms with Crippen LogP contribution in [0.2, 0.25) is 5.02 Å². The number of carbonyl (C=O) groups excluding carboxylic acids is 1. The summed E-state index contributed by atoms with van der Waals surface area (Å²) < 4.78 is 7.01. The van der Waals surface area contributed by atoms with Gasteiger partial charge in [-0.15, -0.1) is 11.3 Å². The van der Waals surface area contributed by atoms with E-state index in [-0.39, 0.29) is 12.0 Å². The fraction of sp³-hybridized carbons (Fsp3) is 0.435. The van der Waals surface area contributed by atoms with Gasteiger partial charge in [0.2, 0.25) is 5.91 Å². The molecule has 4 heterocycles. The van der Waals surface area contributed by atoms with Gasteiger partial charge in [-0.2, -0.15) is 0 Å². The second-order valence-corrected chi connectivity index (χ2v) is 9.79. The Bertz CT molecular complexity index is 1130. The second-order valence-electron chi connectivity index (χ2n) is 8.22. The van der Waals surface area contributed by atoms with Crippen LogP contribution in [0.5, 0.6) is 0 Å². The molecule has 0 spiro atoms. The number of likely N-dealkylation sites (tertiary alicyclic amines) is 1. The summed E-state index contributed by atoms with van der Waals surface area (Å²) in [6, 6.07) is 6.10. The van der Waals surface area contributed by atoms with E-state index in [1.807, 2.05) is 17.0 Å². The first-order valence-corrected chi connectivity index (χ1v) is 11.9. The van der Waals surface area contributed by atoms with Gasteiger partial charge in [0, 0.05) is 47.9 Å². The highest BCUT2D eigenvalue weighted by molar-refractivity contribution is 7.19. The average molecular weight is 457 g/mol. The molecule has 0 radical (unpaired) electrons. The molecule has 1 amide bonds. The van der Waals surface area contributed by atoms with Crippen LogP contribution >= 0.6 is 22.9 Å². The lowest BCUT2D eigenvalue weighted by atomic mass is 9.94. The van der Waals surface area contributed by atoms with Crippen molar-refractivity contribution < 1.29 is 9.53 Å². The molecule has 8 heteroatoms. The zero-order chi connectivity index (χ0) is 21.4. The summed E-state index contributed by atoms with van der Waals surface area (Å²) in [7, 11) is 0. The summed E-state index contributed by atoms with van der Waals surface area (Å²) in [4.78, 5) is 24.3. The van der Waals surface area contributed by atoms with Gasteiger partial charge in [-0.3, -0.25) is 4.79 Å². The average Bonchev–Trinajstić information content (AvgIpc) is 3.36. The van der Waals surface area contributed by atoms with Gasteiger partial charge in [0.25, 0.3) is 0 Å². The number of benzene rings is 1. The molecule has 2 aliphatic rings. The Morgan fingerprint density at radius 2 is 2.23 bits per heavy atom. The van der Waals surface area contributed by atoms with Crippen molar-refractivity contribution in [3.8, 4) is 11.3 Å². The summed E-state index contributed by atoms with van der Waals surface area (Å²) in [6.45, 7) is 6.04. The van der Waals surface area contributed by atoms with Gasteiger partial charge in [-0.05, 0) is 42.7 Å². The van der Waals surface area contributed by atoms with Crippen LogP contribution in [0.1, 0.15) is 28.8 Å². The largest absolute Gasteiger partial charge is 0.375 e. The van der Waals surface area contributed by atoms with Crippen molar-refractivity contribution in [2.75, 3.05) is 26.2 Å². The molecule has 0 bridgehead atoms. The van der Waals surface area contributed by atoms with Gasteiger partial charge in [-0.25, -0.2) is 9.97 Å². The maximum absolute atomic E-state index is 12.1. The molecule has 2 fully saturated rings. The third kappa shape index (κ3) is 4.32. The van der Waals surface area contributed by atoms with Crippen molar-refractivity contribution in [2.24, 2.45) is 0 Å². The predicted molar refractivity (Wildman–Crippen MR) is 124 cm³/mol. The van der Waals surface area contributed by atoms with E-state index in [9.17, 15) is 4.79 Å². The number of nitrogens with one attached hydrogen (secondary N) is 1. The first-order chi connectivity index (χ1) is 15.1. The SMILES string of the molecule is Cc1cc(Cl)cc(-c2ncnc3cc(CN4CCCC4=O)sc23)c1C[C@H]1CNCCO1. The Balaban J connectivity index is 1.54. The summed E-state index contributed by atoms with van der Waals surface area (Å²) >= 11 is 8.14. The number of thiophene rings is 1. The third-order valence-corrected chi connectivity index (χ3v) is 7.34. The van der Waals surface area contributed by atoms with E-state index in [4.69, 9.17) is 16.3 Å². The van der Waals surface area contributed by atoms with Crippen LogP contribution in [-0.4, -0.2) is 53.1 Å². The van der Waals surface area contributed by atoms with Crippen LogP contribution in [0.4, 0.5) is 0 Å². The molecular formula is C23H25ClN4O2S. The molecule has 162 valence electrons. The molecule has 1 aromatic carbocycles. The van der Waals surface area contributed by atoms with Crippen LogP contribution in [0.3, 0.4) is 0 Å². The maximum Gasteiger partial charge on any atom is 0.222 e. The lowest BCUT2D eigenvalue weighted by molar-refractivity contribution is -0.128. The summed E-state index contributed by atoms with van der Waals surface area (Å²) in [5, 5.41) is 4.11. The number of morpholine rings is 1. The molecule has 0 aliphatic carbocycles. The van der Waals surface area contributed by atoms with Gasteiger partial charge >= 0.3 is 0 Å². The van der Waals surface area contributed by atoms with Gasteiger partial charge in [0.05, 0.1) is 35.2 Å². The number of nitrogens with zero attached hydrogens (tertiary/aromatic N) is 3. The minimum Gasteiger partial charge on any atom is -0.375 e. The van der Waals surface area contributed by atoms with Crippen LogP contribution in [0.25, 0.3) is 21.5 Å². The molecule has 0 saturated carbocycles. The zero-order valence-electron chi connectivity index (χ0n) is 17.5. The van der Waals surface area contributed by atoms with Crippen molar-refractivity contribution >= 4 is 39.1 Å². The molecule has 5 rings (SSSR count). The molecule has 31 heavy (non-hydrogen) atoms. The van der Waals surface area contributed by atoms with E-state index in [0.29, 0.717) is 18.0 Å². The lowest BCUT2D eigenvalue weighted by Gasteiger charge is -2.25. The minimum absolute atomic E-state index is 0.129. The number of ether oxygens (including phenoxy) is 1. The quantitative estimate of drug-likeness (QED) is 0.629. The topological polar surface area (TPSA) is 67.4 Å². The summed E-state index contributed by atoms with van der Waals surface area (Å²) in [5.41, 5.74) is 5.21. The number of aryl methyl sites for hydroxylation is 1. The van der Waals surface area contributed by atoms with E-state index in [1.165, 1.54) is 5.56 Å². The van der Waals surface area contributed by atoms with Crippen LogP contribution in [0.15, 0.2) is 24.5 Å². The Hall–Kier alpha value is -2.06. The lowest BCUT2D eigenvalue weighted by Crippen LogP contribution is -2.39. The summed E-state index contributed by atoms with van der Waals surface area (Å²) in [5.74, 6) is 0.234. The molecule has 2 aliphatic heterocycles. The van der Waals surface area contributed by atoms with Gasteiger partial charge in [0.15, 0.2) is 0 Å². The minimum atomic E-state index is 0.129. The number of carbonyl (C=O) groups is 1. The number of halogens is 1. The van der Waals surface area contributed by atoms with E-state index in [1.54, 1.807) is 17.7 Å². The second kappa shape index (κ2) is 8.82. The molecule has 0 unspecified atom stereocenters. The van der Waals surface area contributed by atoms with E-state index in [2.05, 4.69) is 28.3 Å². The van der Waals surface area contributed by atoms with Crippen LogP contribution in [0, 0.1) is 6.92 Å². The first kappa shape index (κ1) is 20.8. The highest BCUT2D eigenvalue weighted by Gasteiger charge is 2.23. The number of rotatable bonds is 5. The number of amides is 1. The molecule has 1 atom stereocenters. The fourth-order valence-corrected chi connectivity index (χ4v) is 5.87. The predicted octanol–water partition coefficient (Wildman–Crippen LogP) is 3.97. The van der Waals surface area contributed by atoms with E-state index in [0.717, 1.165) is 71.0 Å². The van der Waals surface area contributed by atoms with E-state index < -0.39 is 0 Å². The van der Waals surface area contributed by atoms with Gasteiger partial charge in [0.1, 0.15) is 6.33 Å². The van der Waals surface area contributed by atoms with Crippen molar-refractivity contribution in [1.29, 1.82) is 0 Å². The number of hydrogen-bond acceptors (Lipinski definition) is 6. The summed E-state index contributed by atoms with van der Waals surface area (Å²) in [6.07, 6.45) is 4.15. The molecular weight excluding hydrogens is 432 g/mol. The third-order valence-electron chi connectivity index (χ3n) is 6.01. The highest BCUT2D eigenvalue weighted by atomic mass is 35.5. The fourth-order valence-electron chi connectivity index (χ4n) is 4.47. The number of hydrogen-bond donors (Lipinski definition) is 1. The smallest absolute Gasteiger partial charge is 0.222 e. The first-order valence-electron chi connectivity index (χ1n) is 10.7. The Kier molecular flexibility index (Phi) is 5.93. The Morgan fingerprint density at radius 3 is 3.00 bits per heavy atom. The van der Waals surface area contributed by atoms with Gasteiger partial charge < -0.3 is 15.0 Å². The van der Waals surface area contributed by atoms with E-state index >= 15 is 0 Å². The Morgan fingerprint density at radius 1 is 1.32 bits per heavy atom. The van der Waals surface area contributed by atoms with Crippen molar-refractivity contribution in [3.63, 3.8) is 0 Å². The van der Waals surface area contributed by atoms with Crippen molar-refractivity contribution in [1.82, 2.24) is 20.2 Å². The maximum atomic E-state index is 12.1. The highest BCUT2D eigenvalue weighted by Crippen LogP contribution is 2.37. The standard InChI is InChI=1S/C23H25ClN4O2S/c1-14-7-15(24)8-19(18(14)9-16-11-25-4-6-30-16)22-23-20(26-13-27-22)10-17(31-23)12-28-5-2-3-21(28)29/h7-8,10,13,16,25H,2-6,9,11-12H2,1H3/t16-/m0/s1. The zero-order valence-corrected chi connectivity index (χ0v) is 19.1.